The molecule has 2 radical (unpaired) electrons. The summed E-state index contributed by atoms with van der Waals surface area (Å²) in [4.78, 5) is 0. The normalized spacial score (nSPS) is 14.3. The summed E-state index contributed by atoms with van der Waals surface area (Å²) in [6, 6.07) is 14.7. The van der Waals surface area contributed by atoms with E-state index in [1.807, 2.05) is 0 Å². The van der Waals surface area contributed by atoms with Gasteiger partial charge in [0.1, 0.15) is 0 Å². The van der Waals surface area contributed by atoms with Crippen molar-refractivity contribution in [1.82, 2.24) is 0 Å². The molecular weight excluding hydrogens is 467 g/mol. The minimum atomic E-state index is -1.08. The second-order valence-electron chi connectivity index (χ2n) is 8.18. The van der Waals surface area contributed by atoms with E-state index in [-0.39, 0.29) is 39.7 Å². The van der Waals surface area contributed by atoms with Gasteiger partial charge >= 0.3 is 26.8 Å². The Morgan fingerprint density at radius 3 is 1.86 bits per heavy atom. The molecule has 1 aliphatic rings. The zero-order valence-corrected chi connectivity index (χ0v) is 24.8. The first-order chi connectivity index (χ1) is 11.2. The Bertz CT molecular complexity index is 680. The summed E-state index contributed by atoms with van der Waals surface area (Å²) in [7, 11) is 0.851. The van der Waals surface area contributed by atoms with E-state index in [4.69, 9.17) is 0 Å². The zero-order chi connectivity index (χ0) is 18.4. The van der Waals surface area contributed by atoms with Crippen molar-refractivity contribution >= 4 is 59.4 Å². The number of fused-ring (bicyclic) bond motifs is 1. The third kappa shape index (κ3) is 11.4. The molecule has 0 aliphatic heterocycles. The molecule has 0 fully saturated rings. The number of hydrogen-bond acceptors (Lipinski definition) is 0. The molecule has 0 bridgehead atoms. The van der Waals surface area contributed by atoms with E-state index in [1.165, 1.54) is 10.8 Å². The van der Waals surface area contributed by atoms with Gasteiger partial charge in [0.2, 0.25) is 0 Å². The molecule has 0 spiro atoms. The maximum absolute atomic E-state index is 3.53. The maximum atomic E-state index is 3.53. The first-order valence-corrected chi connectivity index (χ1v) is 18.3. The van der Waals surface area contributed by atoms with Crippen LogP contribution in [0.25, 0.3) is 10.8 Å². The van der Waals surface area contributed by atoms with Gasteiger partial charge in [0.25, 0.3) is 0 Å². The molecule has 0 amide bonds. The third-order valence-electron chi connectivity index (χ3n) is 4.11. The molecule has 0 heterocycles. The Labute approximate surface area is 202 Å². The molecule has 1 aliphatic carbocycles. The van der Waals surface area contributed by atoms with E-state index >= 15 is 0 Å². The van der Waals surface area contributed by atoms with E-state index < -0.39 is 16.1 Å². The Balaban J connectivity index is -0.000000172. The Morgan fingerprint density at radius 1 is 0.929 bits per heavy atom. The number of halogens is 2. The SMILES string of the molecule is C[Si](C)(C)C1=CC([Si](C)(C)C)[C-]=C1.Cl.Cl.[CH3-].[CH3-].[Si]=[Ti].c1ccc2[cH-]ccc2c1. The summed E-state index contributed by atoms with van der Waals surface area (Å²) in [5, 5.41) is 4.26. The van der Waals surface area contributed by atoms with Gasteiger partial charge in [-0.25, -0.2) is 11.3 Å². The van der Waals surface area contributed by atoms with Crippen molar-refractivity contribution in [2.45, 2.75) is 44.8 Å². The van der Waals surface area contributed by atoms with E-state index in [0.717, 1.165) is 0 Å². The molecule has 2 aromatic carbocycles. The molecule has 3 rings (SSSR count). The summed E-state index contributed by atoms with van der Waals surface area (Å²) in [5.74, 6) is 0. The monoisotopic (exact) mass is 502 g/mol. The van der Waals surface area contributed by atoms with Crippen molar-refractivity contribution in [2.24, 2.45) is 0 Å². The topological polar surface area (TPSA) is 0 Å². The van der Waals surface area contributed by atoms with Crippen LogP contribution in [-0.2, 0) is 19.2 Å². The fraction of sp³-hybridized carbons (Fsp3) is 0.318. The number of benzene rings is 1. The summed E-state index contributed by atoms with van der Waals surface area (Å²) in [6.07, 6.45) is 8.28. The van der Waals surface area contributed by atoms with Crippen LogP contribution < -0.4 is 0 Å². The third-order valence-corrected chi connectivity index (χ3v) is 8.35. The fourth-order valence-electron chi connectivity index (χ4n) is 2.49. The Morgan fingerprint density at radius 2 is 1.46 bits per heavy atom. The maximum Gasteiger partial charge on any atom is -0.0809 e. The average Bonchev–Trinajstić information content (AvgIpc) is 3.18. The molecule has 1 atom stereocenters. The molecule has 0 saturated heterocycles. The van der Waals surface area contributed by atoms with Gasteiger partial charge in [-0.2, -0.15) is 23.6 Å². The van der Waals surface area contributed by atoms with Crippen LogP contribution in [0.2, 0.25) is 44.8 Å². The molecule has 28 heavy (non-hydrogen) atoms. The predicted octanol–water partition coefficient (Wildman–Crippen LogP) is 7.79. The number of hydrogen-bond donors (Lipinski definition) is 0. The van der Waals surface area contributed by atoms with Crippen LogP contribution in [-0.4, -0.2) is 23.8 Å². The summed E-state index contributed by atoms with van der Waals surface area (Å²) >= 11 is 1.81. The fourth-order valence-corrected chi connectivity index (χ4v) is 5.10. The number of allylic oxidation sites excluding steroid dienone is 4. The molecule has 1 unspecified atom stereocenters. The number of rotatable bonds is 2. The molecule has 2 aromatic rings. The second kappa shape index (κ2) is 16.0. The quantitative estimate of drug-likeness (QED) is 0.290. The molecular formula is C22H36Cl2Si3Ti-4. The van der Waals surface area contributed by atoms with Crippen LogP contribution in [0.1, 0.15) is 0 Å². The molecule has 0 saturated carbocycles. The van der Waals surface area contributed by atoms with Crippen molar-refractivity contribution in [1.29, 1.82) is 0 Å². The smallest absolute Gasteiger partial charge is 0.0809 e. The first kappa shape index (κ1) is 35.7. The van der Waals surface area contributed by atoms with Gasteiger partial charge in [-0.05, 0) is 8.07 Å². The van der Waals surface area contributed by atoms with Crippen LogP contribution in [0.5, 0.6) is 0 Å². The Hall–Kier alpha value is 0.255. The van der Waals surface area contributed by atoms with E-state index in [0.29, 0.717) is 5.54 Å². The minimum absolute atomic E-state index is 0. The van der Waals surface area contributed by atoms with Crippen molar-refractivity contribution < 1.29 is 19.2 Å². The molecule has 0 aromatic heterocycles. The van der Waals surface area contributed by atoms with Gasteiger partial charge in [-0.3, -0.25) is 6.08 Å². The van der Waals surface area contributed by atoms with Crippen molar-refractivity contribution in [3.05, 3.63) is 80.7 Å². The first-order valence-electron chi connectivity index (χ1n) is 8.35. The Kier molecular flexibility index (Phi) is 20.4. The van der Waals surface area contributed by atoms with Crippen LogP contribution in [0, 0.1) is 20.9 Å². The van der Waals surface area contributed by atoms with Gasteiger partial charge < -0.3 is 14.9 Å². The van der Waals surface area contributed by atoms with Crippen LogP contribution in [0.3, 0.4) is 0 Å². The van der Waals surface area contributed by atoms with Gasteiger partial charge in [0.15, 0.2) is 0 Å². The van der Waals surface area contributed by atoms with Crippen molar-refractivity contribution in [2.75, 3.05) is 0 Å². The van der Waals surface area contributed by atoms with Gasteiger partial charge in [-0.15, -0.1) is 60.0 Å². The summed E-state index contributed by atoms with van der Waals surface area (Å²) in [5.41, 5.74) is 0.661. The van der Waals surface area contributed by atoms with Gasteiger partial charge in [0, 0.05) is 8.07 Å². The summed E-state index contributed by atoms with van der Waals surface area (Å²) in [6.45, 7) is 14.5. The summed E-state index contributed by atoms with van der Waals surface area (Å²) < 4.78 is 0. The van der Waals surface area contributed by atoms with Crippen molar-refractivity contribution in [3.63, 3.8) is 0 Å². The van der Waals surface area contributed by atoms with E-state index in [2.05, 4.69) is 108 Å². The van der Waals surface area contributed by atoms with Crippen LogP contribution >= 0.6 is 24.8 Å². The van der Waals surface area contributed by atoms with Crippen molar-refractivity contribution in [3.8, 4) is 0 Å². The van der Waals surface area contributed by atoms with Gasteiger partial charge in [0.05, 0.1) is 0 Å². The molecule has 0 nitrogen and oxygen atoms in total. The largest absolute Gasteiger partial charge is 0.168 e. The standard InChI is InChI=1S/C11H21Si2.C9H7.2CH3.2ClH.Si.Ti/c1-12(2,3)10-7-8-11(9-10)13(4,5)6;1-2-5-9-7-3-6-8(9)4-1;;;;;;/h7,9,11H,1-6H3;1-7H;2*1H3;2*1H;;/q4*-1;;;;. The zero-order valence-electron chi connectivity index (χ0n) is 18.6. The van der Waals surface area contributed by atoms with Crippen LogP contribution in [0.4, 0.5) is 0 Å². The average molecular weight is 504 g/mol. The second-order valence-corrected chi connectivity index (χ2v) is 18.6. The molecule has 0 N–H and O–H groups in total. The van der Waals surface area contributed by atoms with E-state index in [1.54, 1.807) is 24.4 Å². The van der Waals surface area contributed by atoms with Crippen LogP contribution in [0.15, 0.2) is 59.8 Å². The predicted molar refractivity (Wildman–Crippen MR) is 139 cm³/mol. The van der Waals surface area contributed by atoms with Gasteiger partial charge in [-0.1, -0.05) is 45.3 Å². The minimum Gasteiger partial charge on any atom is -0.168 e. The molecule has 6 heteroatoms. The molecule has 158 valence electrons. The van der Waals surface area contributed by atoms with E-state index in [9.17, 15) is 0 Å².